The van der Waals surface area contributed by atoms with Gasteiger partial charge in [0.05, 0.1) is 6.26 Å². The molecule has 0 bridgehead atoms. The van der Waals surface area contributed by atoms with Crippen molar-refractivity contribution in [2.45, 2.75) is 25.7 Å². The molecule has 0 radical (unpaired) electrons. The second-order valence-corrected chi connectivity index (χ2v) is 4.70. The summed E-state index contributed by atoms with van der Waals surface area (Å²) in [6, 6.07) is 0. The number of nitrogens with one attached hydrogen (secondary N) is 1. The summed E-state index contributed by atoms with van der Waals surface area (Å²) in [7, 11) is -3.09. The number of carbonyl (C=O) groups is 1. The Morgan fingerprint density at radius 3 is 2.38 bits per heavy atom. The molecule has 0 atom stereocenters. The van der Waals surface area contributed by atoms with E-state index in [1.165, 1.54) is 0 Å². The van der Waals surface area contributed by atoms with E-state index in [2.05, 4.69) is 4.72 Å². The first-order chi connectivity index (χ1) is 5.92. The molecule has 0 aliphatic carbocycles. The van der Waals surface area contributed by atoms with Crippen molar-refractivity contribution in [1.82, 2.24) is 4.72 Å². The molecule has 0 saturated heterocycles. The fourth-order valence-corrected chi connectivity index (χ4v) is 1.35. The third kappa shape index (κ3) is 11.4. The summed E-state index contributed by atoms with van der Waals surface area (Å²) in [5.74, 6) is -0.809. The lowest BCUT2D eigenvalue weighted by molar-refractivity contribution is -0.137. The third-order valence-corrected chi connectivity index (χ3v) is 2.16. The molecule has 0 aliphatic rings. The Hall–Kier alpha value is -0.620. The first-order valence-electron chi connectivity index (χ1n) is 4.08. The Bertz CT molecular complexity index is 247. The molecule has 0 aromatic rings. The van der Waals surface area contributed by atoms with Crippen LogP contribution >= 0.6 is 0 Å². The van der Waals surface area contributed by atoms with Crippen LogP contribution < -0.4 is 4.72 Å². The van der Waals surface area contributed by atoms with Crippen LogP contribution in [0.3, 0.4) is 0 Å². The summed E-state index contributed by atoms with van der Waals surface area (Å²) in [6.45, 7) is 0.387. The Morgan fingerprint density at radius 2 is 1.92 bits per heavy atom. The molecule has 0 fully saturated rings. The van der Waals surface area contributed by atoms with Gasteiger partial charge < -0.3 is 5.11 Å². The first kappa shape index (κ1) is 12.4. The molecule has 0 unspecified atom stereocenters. The molecule has 0 aromatic carbocycles. The molecule has 0 rings (SSSR count). The zero-order valence-electron chi connectivity index (χ0n) is 7.62. The Kier molecular flexibility index (Phi) is 5.65. The van der Waals surface area contributed by atoms with Crippen molar-refractivity contribution in [3.63, 3.8) is 0 Å². The summed E-state index contributed by atoms with van der Waals surface area (Å²) >= 11 is 0. The van der Waals surface area contributed by atoms with Crippen LogP contribution in [0.5, 0.6) is 0 Å². The van der Waals surface area contributed by atoms with Gasteiger partial charge in [0, 0.05) is 13.0 Å². The van der Waals surface area contributed by atoms with Gasteiger partial charge in [-0.15, -0.1) is 0 Å². The maximum absolute atomic E-state index is 10.6. The highest BCUT2D eigenvalue weighted by Gasteiger charge is 1.99. The third-order valence-electron chi connectivity index (χ3n) is 1.43. The standard InChI is InChI=1S/C7H15NO4S/c1-13(11,12)8-6-4-2-3-5-7(9)10/h8H,2-6H2,1H3,(H,9,10). The Labute approximate surface area is 78.2 Å². The average Bonchev–Trinajstić information content (AvgIpc) is 1.93. The molecule has 0 saturated carbocycles. The van der Waals surface area contributed by atoms with Crippen LogP contribution in [0.1, 0.15) is 25.7 Å². The lowest BCUT2D eigenvalue weighted by Crippen LogP contribution is -2.22. The summed E-state index contributed by atoms with van der Waals surface area (Å²) in [4.78, 5) is 10.1. The molecular formula is C7H15NO4S. The van der Waals surface area contributed by atoms with Crippen molar-refractivity contribution in [3.05, 3.63) is 0 Å². The van der Waals surface area contributed by atoms with Gasteiger partial charge in [-0.1, -0.05) is 6.42 Å². The van der Waals surface area contributed by atoms with Gasteiger partial charge in [-0.25, -0.2) is 13.1 Å². The fraction of sp³-hybridized carbons (Fsp3) is 0.857. The van der Waals surface area contributed by atoms with Crippen molar-refractivity contribution < 1.29 is 18.3 Å². The molecule has 0 spiro atoms. The zero-order valence-corrected chi connectivity index (χ0v) is 8.43. The van der Waals surface area contributed by atoms with Crippen LogP contribution in [0, 0.1) is 0 Å². The second kappa shape index (κ2) is 5.93. The monoisotopic (exact) mass is 209 g/mol. The lowest BCUT2D eigenvalue weighted by Gasteiger charge is -2.00. The minimum atomic E-state index is -3.09. The van der Waals surface area contributed by atoms with Gasteiger partial charge in [-0.05, 0) is 12.8 Å². The molecule has 0 aliphatic heterocycles. The van der Waals surface area contributed by atoms with Crippen LogP contribution in [0.2, 0.25) is 0 Å². The molecular weight excluding hydrogens is 194 g/mol. The van der Waals surface area contributed by atoms with Crippen LogP contribution in [0.15, 0.2) is 0 Å². The summed E-state index contributed by atoms with van der Waals surface area (Å²) in [6.07, 6.45) is 3.26. The molecule has 6 heteroatoms. The van der Waals surface area contributed by atoms with Crippen LogP contribution in [0.25, 0.3) is 0 Å². The van der Waals surface area contributed by atoms with Crippen LogP contribution in [-0.2, 0) is 14.8 Å². The van der Waals surface area contributed by atoms with E-state index >= 15 is 0 Å². The molecule has 0 heterocycles. The quantitative estimate of drug-likeness (QED) is 0.586. The predicted molar refractivity (Wildman–Crippen MR) is 49.0 cm³/mol. The Balaban J connectivity index is 3.23. The SMILES string of the molecule is CS(=O)(=O)NCCCCCC(=O)O. The molecule has 0 aromatic heterocycles. The minimum Gasteiger partial charge on any atom is -0.481 e. The van der Waals surface area contributed by atoms with E-state index in [1.807, 2.05) is 0 Å². The highest BCUT2D eigenvalue weighted by atomic mass is 32.2. The fourth-order valence-electron chi connectivity index (χ4n) is 0.836. The molecule has 78 valence electrons. The molecule has 5 nitrogen and oxygen atoms in total. The number of unbranched alkanes of at least 4 members (excludes halogenated alkanes) is 2. The maximum atomic E-state index is 10.6. The second-order valence-electron chi connectivity index (χ2n) is 2.87. The number of hydrogen-bond acceptors (Lipinski definition) is 3. The van der Waals surface area contributed by atoms with E-state index in [1.54, 1.807) is 0 Å². The molecule has 13 heavy (non-hydrogen) atoms. The maximum Gasteiger partial charge on any atom is 0.303 e. The van der Waals surface area contributed by atoms with Crippen LogP contribution in [-0.4, -0.2) is 32.3 Å². The largest absolute Gasteiger partial charge is 0.481 e. The number of aliphatic carboxylic acids is 1. The van der Waals surface area contributed by atoms with Crippen molar-refractivity contribution >= 4 is 16.0 Å². The van der Waals surface area contributed by atoms with E-state index in [0.29, 0.717) is 19.4 Å². The smallest absolute Gasteiger partial charge is 0.303 e. The van der Waals surface area contributed by atoms with E-state index in [4.69, 9.17) is 5.11 Å². The number of carboxylic acids is 1. The molecule has 0 amide bonds. The number of hydrogen-bond donors (Lipinski definition) is 2. The van der Waals surface area contributed by atoms with Crippen molar-refractivity contribution in [1.29, 1.82) is 0 Å². The first-order valence-corrected chi connectivity index (χ1v) is 5.97. The number of sulfonamides is 1. The van der Waals surface area contributed by atoms with Gasteiger partial charge in [-0.2, -0.15) is 0 Å². The van der Waals surface area contributed by atoms with Gasteiger partial charge in [0.15, 0.2) is 0 Å². The highest BCUT2D eigenvalue weighted by Crippen LogP contribution is 1.98. The molecule has 2 N–H and O–H groups in total. The number of rotatable bonds is 7. The van der Waals surface area contributed by atoms with Gasteiger partial charge >= 0.3 is 5.97 Å². The lowest BCUT2D eigenvalue weighted by atomic mass is 10.2. The van der Waals surface area contributed by atoms with Gasteiger partial charge in [0.1, 0.15) is 0 Å². The van der Waals surface area contributed by atoms with Crippen molar-refractivity contribution in [2.24, 2.45) is 0 Å². The minimum absolute atomic E-state index is 0.152. The number of carboxylic acid groups (broad SMARTS) is 1. The Morgan fingerprint density at radius 1 is 1.31 bits per heavy atom. The summed E-state index contributed by atoms with van der Waals surface area (Å²) in [5.41, 5.74) is 0. The average molecular weight is 209 g/mol. The topological polar surface area (TPSA) is 83.5 Å². The van der Waals surface area contributed by atoms with E-state index < -0.39 is 16.0 Å². The zero-order chi connectivity index (χ0) is 10.3. The van der Waals surface area contributed by atoms with Gasteiger partial charge in [0.25, 0.3) is 0 Å². The van der Waals surface area contributed by atoms with E-state index in [0.717, 1.165) is 12.7 Å². The van der Waals surface area contributed by atoms with Gasteiger partial charge in [-0.3, -0.25) is 4.79 Å². The summed E-state index contributed by atoms with van der Waals surface area (Å²) in [5, 5.41) is 8.29. The van der Waals surface area contributed by atoms with Gasteiger partial charge in [0.2, 0.25) is 10.0 Å². The van der Waals surface area contributed by atoms with Crippen LogP contribution in [0.4, 0.5) is 0 Å². The summed E-state index contributed by atoms with van der Waals surface area (Å²) < 4.78 is 23.5. The normalized spacial score (nSPS) is 11.5. The van der Waals surface area contributed by atoms with Crippen molar-refractivity contribution in [3.8, 4) is 0 Å². The predicted octanol–water partition coefficient (Wildman–Crippen LogP) is 0.181. The van der Waals surface area contributed by atoms with E-state index in [-0.39, 0.29) is 6.42 Å². The van der Waals surface area contributed by atoms with E-state index in [9.17, 15) is 13.2 Å². The van der Waals surface area contributed by atoms with Crippen molar-refractivity contribution in [2.75, 3.05) is 12.8 Å². The highest BCUT2D eigenvalue weighted by molar-refractivity contribution is 7.88.